The largest absolute Gasteiger partial charge is 0.593 e. The van der Waals surface area contributed by atoms with Gasteiger partial charge in [-0.2, -0.15) is 9.61 Å². The lowest BCUT2D eigenvalue weighted by Crippen LogP contribution is -2.02. The number of benzene rings is 2. The van der Waals surface area contributed by atoms with E-state index in [0.29, 0.717) is 5.75 Å². The van der Waals surface area contributed by atoms with Crippen LogP contribution in [0.1, 0.15) is 5.56 Å². The van der Waals surface area contributed by atoms with Crippen LogP contribution in [0.4, 0.5) is 11.5 Å². The maximum absolute atomic E-state index is 7.79. The van der Waals surface area contributed by atoms with Gasteiger partial charge in [0.1, 0.15) is 5.82 Å². The molecule has 4 rings (SSSR count). The molecule has 5 nitrogen and oxygen atoms in total. The van der Waals surface area contributed by atoms with Gasteiger partial charge in [-0.05, 0) is 34.5 Å². The van der Waals surface area contributed by atoms with Crippen LogP contribution in [0.2, 0.25) is 0 Å². The topological polar surface area (TPSA) is 65.1 Å². The van der Waals surface area contributed by atoms with E-state index in [-0.39, 0.29) is 0 Å². The number of halogens is 1. The summed E-state index contributed by atoms with van der Waals surface area (Å²) in [6.45, 7) is 2.07. The van der Waals surface area contributed by atoms with Crippen molar-refractivity contribution in [2.75, 3.05) is 5.32 Å². The molecule has 0 spiro atoms. The molecule has 0 atom stereocenters. The highest BCUT2D eigenvalue weighted by atomic mass is 79.9. The van der Waals surface area contributed by atoms with Crippen molar-refractivity contribution in [2.24, 2.45) is 0 Å². The van der Waals surface area contributed by atoms with Gasteiger partial charge in [0.25, 0.3) is 5.75 Å². The van der Waals surface area contributed by atoms with Gasteiger partial charge in [0, 0.05) is 23.4 Å². The third-order valence-corrected chi connectivity index (χ3v) is 4.54. The zero-order valence-corrected chi connectivity index (χ0v) is 15.1. The first-order valence-corrected chi connectivity index (χ1v) is 8.60. The summed E-state index contributed by atoms with van der Waals surface area (Å²) >= 11 is 3.52. The van der Waals surface area contributed by atoms with Crippen LogP contribution < -0.4 is 5.32 Å². The zero-order valence-electron chi connectivity index (χ0n) is 13.5. The summed E-state index contributed by atoms with van der Waals surface area (Å²) in [4.78, 5) is 4.76. The van der Waals surface area contributed by atoms with Crippen molar-refractivity contribution in [2.45, 2.75) is 6.92 Å². The number of aromatic nitrogens is 3. The highest BCUT2D eigenvalue weighted by molar-refractivity contribution is 9.10. The first-order valence-electron chi connectivity index (χ1n) is 7.81. The molecule has 0 aliphatic carbocycles. The molecule has 2 aromatic heterocycles. The smallest absolute Gasteiger partial charge is 0.255 e. The molecule has 0 amide bonds. The molecule has 0 bridgehead atoms. The Kier molecular flexibility index (Phi) is 3.89. The molecule has 0 aliphatic rings. The van der Waals surface area contributed by atoms with Gasteiger partial charge in [-0.1, -0.05) is 30.3 Å². The molecule has 0 saturated carbocycles. The Labute approximate surface area is 153 Å². The molecule has 0 unspecified atom stereocenters. The Morgan fingerprint density at radius 2 is 1.92 bits per heavy atom. The minimum atomic E-state index is 0.455. The van der Waals surface area contributed by atoms with E-state index in [0.717, 1.165) is 38.4 Å². The molecule has 4 aromatic rings. The van der Waals surface area contributed by atoms with Crippen LogP contribution in [0.3, 0.4) is 0 Å². The van der Waals surface area contributed by atoms with E-state index >= 15 is 0 Å². The average molecular weight is 396 g/mol. The number of hydrogen-bond acceptors (Lipinski definition) is 3. The second kappa shape index (κ2) is 6.22. The summed E-state index contributed by atoms with van der Waals surface area (Å²) in [7, 11) is 0. The number of anilines is 2. The van der Waals surface area contributed by atoms with Crippen LogP contribution in [0.5, 0.6) is 5.75 Å². The Morgan fingerprint density at radius 3 is 2.72 bits per heavy atom. The van der Waals surface area contributed by atoms with Gasteiger partial charge in [0.15, 0.2) is 5.65 Å². The second-order valence-corrected chi connectivity index (χ2v) is 6.63. The van der Waals surface area contributed by atoms with Crippen molar-refractivity contribution in [3.05, 3.63) is 70.8 Å². The fourth-order valence-electron chi connectivity index (χ4n) is 2.77. The number of fused-ring (bicyclic) bond motifs is 1. The summed E-state index contributed by atoms with van der Waals surface area (Å²) in [5.41, 5.74) is 4.69. The molecule has 6 heteroatoms. The molecule has 3 N–H and O–H groups in total. The quantitative estimate of drug-likeness (QED) is 0.513. The van der Waals surface area contributed by atoms with Crippen molar-refractivity contribution in [3.8, 4) is 17.0 Å². The molecular formula is C19H16BrN4O+. The average Bonchev–Trinajstić information content (AvgIpc) is 2.97. The van der Waals surface area contributed by atoms with Gasteiger partial charge in [0.2, 0.25) is 0 Å². The van der Waals surface area contributed by atoms with E-state index in [9.17, 15) is 0 Å². The molecule has 2 aromatic carbocycles. The van der Waals surface area contributed by atoms with Crippen LogP contribution in [0.15, 0.2) is 65.3 Å². The first kappa shape index (κ1) is 15.7. The number of rotatable bonds is 3. The Hall–Kier alpha value is -2.86. The summed E-state index contributed by atoms with van der Waals surface area (Å²) < 4.78 is 2.59. The van der Waals surface area contributed by atoms with Crippen molar-refractivity contribution in [1.29, 1.82) is 0 Å². The number of nitrogens with one attached hydrogen (secondary N) is 1. The Balaban J connectivity index is 1.89. The fourth-order valence-corrected chi connectivity index (χ4v) is 3.12. The van der Waals surface area contributed by atoms with Gasteiger partial charge in [0.05, 0.1) is 22.4 Å². The molecule has 124 valence electrons. The van der Waals surface area contributed by atoms with Crippen molar-refractivity contribution < 1.29 is 5.11 Å². The van der Waals surface area contributed by atoms with E-state index in [2.05, 4.69) is 45.4 Å². The second-order valence-electron chi connectivity index (χ2n) is 5.78. The van der Waals surface area contributed by atoms with E-state index in [4.69, 9.17) is 10.1 Å². The van der Waals surface area contributed by atoms with Crippen molar-refractivity contribution in [1.82, 2.24) is 14.6 Å². The predicted molar refractivity (Wildman–Crippen MR) is 104 cm³/mol. The molecule has 2 heterocycles. The van der Waals surface area contributed by atoms with Gasteiger partial charge in [-0.25, -0.2) is 4.98 Å². The normalized spacial score (nSPS) is 11.0. The minimum absolute atomic E-state index is 0.455. The molecule has 25 heavy (non-hydrogen) atoms. The standard InChI is InChI=1S/C19H15BrN4O/c1-12-5-2-3-8-15(12)17-10-18(22-13-6-4-7-14(25)9-13)24-19(23-17)16(20)11-21-24/h2-11,22,25H,1H3/p+1. The van der Waals surface area contributed by atoms with E-state index in [1.54, 1.807) is 22.8 Å². The maximum atomic E-state index is 7.79. The Morgan fingerprint density at radius 1 is 1.08 bits per heavy atom. The highest BCUT2D eigenvalue weighted by Crippen LogP contribution is 2.29. The number of aryl methyl sites for hydroxylation is 1. The highest BCUT2D eigenvalue weighted by Gasteiger charge is 2.13. The lowest BCUT2D eigenvalue weighted by atomic mass is 10.1. The first-order chi connectivity index (χ1) is 12.1. The zero-order chi connectivity index (χ0) is 17.4. The van der Waals surface area contributed by atoms with Crippen molar-refractivity contribution in [3.63, 3.8) is 0 Å². The van der Waals surface area contributed by atoms with Gasteiger partial charge < -0.3 is 10.4 Å². The predicted octanol–water partition coefficient (Wildman–Crippen LogP) is 4.65. The number of nitrogens with zero attached hydrogens (tertiary/aromatic N) is 3. The lowest BCUT2D eigenvalue weighted by molar-refractivity contribution is 0.475. The van der Waals surface area contributed by atoms with Crippen LogP contribution in [0.25, 0.3) is 16.9 Å². The van der Waals surface area contributed by atoms with E-state index < -0.39 is 0 Å². The van der Waals surface area contributed by atoms with Crippen LogP contribution in [0, 0.1) is 6.92 Å². The van der Waals surface area contributed by atoms with Gasteiger partial charge >= 0.3 is 0 Å². The van der Waals surface area contributed by atoms with Gasteiger partial charge in [-0.3, -0.25) is 0 Å². The van der Waals surface area contributed by atoms with Crippen LogP contribution in [-0.2, 0) is 0 Å². The SMILES string of the molecule is Cc1ccccc1-c1cc(Nc2cccc([OH2+])c2)n2ncc(Br)c2n1. The van der Waals surface area contributed by atoms with Crippen LogP contribution in [-0.4, -0.2) is 19.7 Å². The monoisotopic (exact) mass is 395 g/mol. The molecule has 0 saturated heterocycles. The molecule has 0 radical (unpaired) electrons. The minimum Gasteiger partial charge on any atom is -0.593 e. The van der Waals surface area contributed by atoms with Crippen molar-refractivity contribution >= 4 is 33.1 Å². The molecule has 0 aliphatic heterocycles. The van der Waals surface area contributed by atoms with E-state index in [1.807, 2.05) is 30.3 Å². The van der Waals surface area contributed by atoms with Crippen LogP contribution >= 0.6 is 15.9 Å². The third kappa shape index (κ3) is 2.96. The summed E-state index contributed by atoms with van der Waals surface area (Å²) in [5.74, 6) is 1.25. The molecule has 0 fully saturated rings. The summed E-state index contributed by atoms with van der Waals surface area (Å²) in [6.07, 6.45) is 1.73. The number of hydrogen-bond donors (Lipinski definition) is 1. The maximum Gasteiger partial charge on any atom is 0.255 e. The Bertz CT molecular complexity index is 1070. The summed E-state index contributed by atoms with van der Waals surface area (Å²) in [5, 5.41) is 15.5. The lowest BCUT2D eigenvalue weighted by Gasteiger charge is -2.12. The third-order valence-electron chi connectivity index (χ3n) is 3.98. The fraction of sp³-hybridized carbons (Fsp3) is 0.0526. The van der Waals surface area contributed by atoms with Gasteiger partial charge in [-0.15, -0.1) is 0 Å². The molecular weight excluding hydrogens is 380 g/mol. The van der Waals surface area contributed by atoms with E-state index in [1.165, 1.54) is 0 Å². The summed E-state index contributed by atoms with van der Waals surface area (Å²) in [6, 6.07) is 17.4.